The molecule has 0 unspecified atom stereocenters. The van der Waals surface area contributed by atoms with Gasteiger partial charge < -0.3 is 10.1 Å². The highest BCUT2D eigenvalue weighted by molar-refractivity contribution is 7.07. The number of benzene rings is 1. The number of ether oxygens (including phenoxy) is 1. The summed E-state index contributed by atoms with van der Waals surface area (Å²) in [4.78, 5) is 22.0. The van der Waals surface area contributed by atoms with Gasteiger partial charge in [-0.3, -0.25) is 10.1 Å². The summed E-state index contributed by atoms with van der Waals surface area (Å²) >= 11 is 1.61. The summed E-state index contributed by atoms with van der Waals surface area (Å²) in [7, 11) is 1.27. The number of nitro benzene ring substituents is 1. The maximum atomic E-state index is 11.5. The molecule has 0 amide bonds. The minimum Gasteiger partial charge on any atom is -0.465 e. The highest BCUT2D eigenvalue weighted by Gasteiger charge is 2.16. The summed E-state index contributed by atoms with van der Waals surface area (Å²) in [5.74, 6) is -0.522. The molecule has 0 bridgehead atoms. The van der Waals surface area contributed by atoms with E-state index in [1.165, 1.54) is 30.9 Å². The Balaban J connectivity index is 2.14. The molecule has 0 atom stereocenters. The molecular formula is C14H14N2O4S. The van der Waals surface area contributed by atoms with Crippen LogP contribution in [0, 0.1) is 10.1 Å². The molecule has 21 heavy (non-hydrogen) atoms. The highest BCUT2D eigenvalue weighted by Crippen LogP contribution is 2.25. The van der Waals surface area contributed by atoms with Gasteiger partial charge in [0.1, 0.15) is 5.69 Å². The number of methoxy groups -OCH3 is 1. The number of rotatable bonds is 6. The average molecular weight is 306 g/mol. The second-order valence-electron chi connectivity index (χ2n) is 4.29. The zero-order chi connectivity index (χ0) is 15.2. The molecule has 110 valence electrons. The van der Waals surface area contributed by atoms with E-state index in [1.807, 2.05) is 16.8 Å². The predicted molar refractivity (Wildman–Crippen MR) is 80.9 cm³/mol. The van der Waals surface area contributed by atoms with E-state index in [0.717, 1.165) is 6.42 Å². The molecular weight excluding hydrogens is 292 g/mol. The number of hydrogen-bond acceptors (Lipinski definition) is 6. The van der Waals surface area contributed by atoms with Gasteiger partial charge >= 0.3 is 5.97 Å². The maximum Gasteiger partial charge on any atom is 0.337 e. The van der Waals surface area contributed by atoms with Crippen molar-refractivity contribution in [2.24, 2.45) is 0 Å². The zero-order valence-electron chi connectivity index (χ0n) is 11.4. The molecule has 0 saturated heterocycles. The molecule has 1 aromatic carbocycles. The predicted octanol–water partition coefficient (Wildman–Crippen LogP) is 3.10. The van der Waals surface area contributed by atoms with Crippen molar-refractivity contribution in [3.8, 4) is 0 Å². The summed E-state index contributed by atoms with van der Waals surface area (Å²) in [6.07, 6.45) is 0.753. The number of carbonyl (C=O) groups excluding carboxylic acids is 1. The molecule has 2 rings (SSSR count). The summed E-state index contributed by atoms with van der Waals surface area (Å²) < 4.78 is 4.62. The van der Waals surface area contributed by atoms with Crippen molar-refractivity contribution in [1.82, 2.24) is 0 Å². The van der Waals surface area contributed by atoms with Gasteiger partial charge in [-0.1, -0.05) is 0 Å². The Morgan fingerprint density at radius 1 is 1.43 bits per heavy atom. The van der Waals surface area contributed by atoms with Crippen LogP contribution in [0.1, 0.15) is 15.9 Å². The fraction of sp³-hybridized carbons (Fsp3) is 0.214. The Hall–Kier alpha value is -2.41. The lowest BCUT2D eigenvalue weighted by molar-refractivity contribution is -0.384. The molecule has 6 nitrogen and oxygen atoms in total. The smallest absolute Gasteiger partial charge is 0.337 e. The number of nitro groups is 1. The number of nitrogens with zero attached hydrogens (tertiary/aromatic N) is 1. The van der Waals surface area contributed by atoms with Crippen molar-refractivity contribution in [3.05, 3.63) is 56.3 Å². The van der Waals surface area contributed by atoms with Crippen molar-refractivity contribution in [3.63, 3.8) is 0 Å². The van der Waals surface area contributed by atoms with Gasteiger partial charge in [0, 0.05) is 12.6 Å². The number of carbonyl (C=O) groups is 1. The lowest BCUT2D eigenvalue weighted by atomic mass is 10.1. The summed E-state index contributed by atoms with van der Waals surface area (Å²) in [5, 5.41) is 18.0. The Morgan fingerprint density at radius 3 is 2.86 bits per heavy atom. The lowest BCUT2D eigenvalue weighted by Gasteiger charge is -2.08. The van der Waals surface area contributed by atoms with E-state index in [0.29, 0.717) is 12.2 Å². The van der Waals surface area contributed by atoms with E-state index in [-0.39, 0.29) is 11.3 Å². The van der Waals surface area contributed by atoms with Crippen LogP contribution in [0.2, 0.25) is 0 Å². The second kappa shape index (κ2) is 6.85. The van der Waals surface area contributed by atoms with Gasteiger partial charge in [0.15, 0.2) is 0 Å². The number of hydrogen-bond donors (Lipinski definition) is 1. The number of thiophene rings is 1. The van der Waals surface area contributed by atoms with Crippen LogP contribution in [0.4, 0.5) is 11.4 Å². The molecule has 1 aromatic heterocycles. The van der Waals surface area contributed by atoms with Crippen molar-refractivity contribution < 1.29 is 14.5 Å². The second-order valence-corrected chi connectivity index (χ2v) is 5.07. The van der Waals surface area contributed by atoms with E-state index in [9.17, 15) is 14.9 Å². The number of nitrogens with one attached hydrogen (secondary N) is 1. The molecule has 2 aromatic rings. The molecule has 0 aliphatic rings. The highest BCUT2D eigenvalue weighted by atomic mass is 32.1. The topological polar surface area (TPSA) is 81.5 Å². The van der Waals surface area contributed by atoms with E-state index < -0.39 is 10.9 Å². The first kappa shape index (κ1) is 15.0. The van der Waals surface area contributed by atoms with Crippen molar-refractivity contribution in [2.45, 2.75) is 6.42 Å². The third-order valence-electron chi connectivity index (χ3n) is 2.92. The van der Waals surface area contributed by atoms with Crippen molar-refractivity contribution >= 4 is 28.7 Å². The van der Waals surface area contributed by atoms with E-state index >= 15 is 0 Å². The molecule has 0 spiro atoms. The van der Waals surface area contributed by atoms with Gasteiger partial charge in [-0.25, -0.2) is 4.79 Å². The quantitative estimate of drug-likeness (QED) is 0.504. The summed E-state index contributed by atoms with van der Waals surface area (Å²) in [6.45, 7) is 0.544. The van der Waals surface area contributed by atoms with E-state index in [2.05, 4.69) is 10.1 Å². The SMILES string of the molecule is COC(=O)c1ccc([N+](=O)[O-])c(NCCc2ccsc2)c1. The van der Waals surface area contributed by atoms with Crippen molar-refractivity contribution in [2.75, 3.05) is 19.0 Å². The minimum absolute atomic E-state index is 0.0621. The van der Waals surface area contributed by atoms with Crippen LogP contribution in [0.3, 0.4) is 0 Å². The number of esters is 1. The van der Waals surface area contributed by atoms with Gasteiger partial charge in [-0.05, 0) is 40.9 Å². The third kappa shape index (κ3) is 3.79. The molecule has 7 heteroatoms. The fourth-order valence-corrected chi connectivity index (χ4v) is 2.56. The monoisotopic (exact) mass is 306 g/mol. The maximum absolute atomic E-state index is 11.5. The Morgan fingerprint density at radius 2 is 2.24 bits per heavy atom. The van der Waals surface area contributed by atoms with Gasteiger partial charge in [0.25, 0.3) is 5.69 Å². The summed E-state index contributed by atoms with van der Waals surface area (Å²) in [6, 6.07) is 6.14. The van der Waals surface area contributed by atoms with Crippen LogP contribution in [0.15, 0.2) is 35.0 Å². The first-order valence-electron chi connectivity index (χ1n) is 6.23. The normalized spacial score (nSPS) is 10.1. The van der Waals surface area contributed by atoms with Gasteiger partial charge in [0.05, 0.1) is 17.6 Å². The first-order chi connectivity index (χ1) is 10.1. The molecule has 0 saturated carbocycles. The standard InChI is InChI=1S/C14H14N2O4S/c1-20-14(17)11-2-3-13(16(18)19)12(8-11)15-6-4-10-5-7-21-9-10/h2-3,5,7-9,15H,4,6H2,1H3. The lowest BCUT2D eigenvalue weighted by Crippen LogP contribution is -2.08. The molecule has 1 heterocycles. The number of anilines is 1. The molecule has 0 aliphatic heterocycles. The summed E-state index contributed by atoms with van der Waals surface area (Å²) in [5.41, 5.74) is 1.70. The molecule has 1 N–H and O–H groups in total. The molecule has 0 radical (unpaired) electrons. The zero-order valence-corrected chi connectivity index (χ0v) is 12.2. The minimum atomic E-state index is -0.522. The van der Waals surface area contributed by atoms with Crippen molar-refractivity contribution in [1.29, 1.82) is 0 Å². The van der Waals surface area contributed by atoms with E-state index in [4.69, 9.17) is 0 Å². The van der Waals surface area contributed by atoms with E-state index in [1.54, 1.807) is 11.3 Å². The average Bonchev–Trinajstić information content (AvgIpc) is 2.99. The fourth-order valence-electron chi connectivity index (χ4n) is 1.86. The Kier molecular flexibility index (Phi) is 4.89. The largest absolute Gasteiger partial charge is 0.465 e. The van der Waals surface area contributed by atoms with Crippen LogP contribution in [0.25, 0.3) is 0 Å². The van der Waals surface area contributed by atoms with Crippen LogP contribution in [-0.2, 0) is 11.2 Å². The van der Waals surface area contributed by atoms with Gasteiger partial charge in [-0.2, -0.15) is 11.3 Å². The first-order valence-corrected chi connectivity index (χ1v) is 7.18. The Labute approximate surface area is 125 Å². The molecule has 0 fully saturated rings. The molecule has 0 aliphatic carbocycles. The van der Waals surface area contributed by atoms with Crippen LogP contribution in [-0.4, -0.2) is 24.5 Å². The van der Waals surface area contributed by atoms with Crippen LogP contribution in [0.5, 0.6) is 0 Å². The third-order valence-corrected chi connectivity index (χ3v) is 3.66. The van der Waals surface area contributed by atoms with Gasteiger partial charge in [-0.15, -0.1) is 0 Å². The van der Waals surface area contributed by atoms with Crippen LogP contribution < -0.4 is 5.32 Å². The van der Waals surface area contributed by atoms with Gasteiger partial charge in [0.2, 0.25) is 0 Å². The van der Waals surface area contributed by atoms with Crippen LogP contribution >= 0.6 is 11.3 Å². The Bertz CT molecular complexity index is 640.